The molecule has 0 aromatic rings. The molecule has 0 heterocycles. The molecule has 0 saturated heterocycles. The Kier molecular flexibility index (Phi) is 77.2. The van der Waals surface area contributed by atoms with E-state index < -0.39 is 24.4 Å². The molecule has 9 nitrogen and oxygen atoms in total. The normalized spacial score (nSPS) is 13.1. The third-order valence-corrected chi connectivity index (χ3v) is 20.1. The Labute approximate surface area is 591 Å². The number of hydrogen-bond donors (Lipinski definition) is 4. The van der Waals surface area contributed by atoms with E-state index in [2.05, 4.69) is 50.4 Å². The standard InChI is InChI=1S/C86H165NO8/c1-4-7-10-13-16-19-22-24-41-46-50-55-60-65-70-75-84(91)94-77-72-67-62-57-52-48-44-40-38-36-34-32-30-28-26-27-29-31-33-35-37-39-43-45-49-54-59-64-69-74-83(90)87-81(86(93)82(89)78-80(88)73-68-63-58-53-21-18-15-12-9-6-3)79-95-85(92)76-71-66-61-56-51-47-42-25-23-20-17-14-11-8-5-2/h16,19,24,41,80-82,86,88-89,93H,4-15,17-18,20-23,25-40,42-79H2,1-3H3,(H,87,90)/b19-16-,41-24-/t80?,81-,82?,86-/m0/s1. The molecule has 0 aliphatic heterocycles. The first kappa shape index (κ1) is 92.8. The van der Waals surface area contributed by atoms with Crippen molar-refractivity contribution in [2.45, 2.75) is 495 Å². The van der Waals surface area contributed by atoms with E-state index in [0.29, 0.717) is 32.3 Å². The summed E-state index contributed by atoms with van der Waals surface area (Å²) in [7, 11) is 0. The minimum atomic E-state index is -1.35. The van der Waals surface area contributed by atoms with Crippen molar-refractivity contribution in [3.05, 3.63) is 24.3 Å². The van der Waals surface area contributed by atoms with Crippen LogP contribution in [-0.2, 0) is 23.9 Å². The molecule has 0 aromatic carbocycles. The van der Waals surface area contributed by atoms with E-state index in [0.717, 1.165) is 83.5 Å². The first-order valence-electron chi connectivity index (χ1n) is 42.7. The number of ether oxygens (including phenoxy) is 2. The molecule has 0 aliphatic rings. The summed E-state index contributed by atoms with van der Waals surface area (Å²) in [5.74, 6) is -0.534. The highest BCUT2D eigenvalue weighted by atomic mass is 16.5. The molecule has 4 atom stereocenters. The maximum atomic E-state index is 13.2. The summed E-state index contributed by atoms with van der Waals surface area (Å²) in [5, 5.41) is 36.1. The van der Waals surface area contributed by atoms with Crippen LogP contribution in [0.5, 0.6) is 0 Å². The molecule has 2 unspecified atom stereocenters. The highest BCUT2D eigenvalue weighted by Crippen LogP contribution is 2.21. The second kappa shape index (κ2) is 79.1. The Morgan fingerprint density at radius 3 is 0.947 bits per heavy atom. The molecule has 0 aliphatic carbocycles. The van der Waals surface area contributed by atoms with Gasteiger partial charge in [0.2, 0.25) is 5.91 Å². The lowest BCUT2D eigenvalue weighted by Gasteiger charge is -2.28. The van der Waals surface area contributed by atoms with Gasteiger partial charge in [0.1, 0.15) is 12.7 Å². The molecule has 0 bridgehead atoms. The maximum absolute atomic E-state index is 13.2. The SMILES string of the molecule is CCCCC/C=C\C/C=C\CCCCCCCC(=O)OCCCCCCCCCCCCCCCCCCCCCCCCCCCCCCCC(=O)N[C@@H](COC(=O)CCCCCCCCCCCCCCCCC)[C@H](O)C(O)CC(O)CCCCCCCCCCCC. The molecular weight excluding hydrogens is 1170 g/mol. The number of aliphatic hydroxyl groups is 3. The van der Waals surface area contributed by atoms with Crippen molar-refractivity contribution in [2.75, 3.05) is 13.2 Å². The van der Waals surface area contributed by atoms with E-state index in [1.165, 1.54) is 334 Å². The fourth-order valence-corrected chi connectivity index (χ4v) is 13.6. The van der Waals surface area contributed by atoms with Gasteiger partial charge in [-0.25, -0.2) is 0 Å². The molecule has 4 N–H and O–H groups in total. The topological polar surface area (TPSA) is 142 Å². The van der Waals surface area contributed by atoms with Crippen molar-refractivity contribution >= 4 is 17.8 Å². The summed E-state index contributed by atoms with van der Waals surface area (Å²) in [5.41, 5.74) is 0. The average Bonchev–Trinajstić information content (AvgIpc) is 1.22. The smallest absolute Gasteiger partial charge is 0.305 e. The molecule has 0 spiro atoms. The summed E-state index contributed by atoms with van der Waals surface area (Å²) in [4.78, 5) is 38.2. The van der Waals surface area contributed by atoms with Crippen LogP contribution in [0.3, 0.4) is 0 Å². The zero-order valence-electron chi connectivity index (χ0n) is 63.9. The fourth-order valence-electron chi connectivity index (χ4n) is 13.6. The minimum absolute atomic E-state index is 0.000155. The van der Waals surface area contributed by atoms with Crippen LogP contribution in [0.15, 0.2) is 24.3 Å². The number of allylic oxidation sites excluding steroid dienone is 4. The van der Waals surface area contributed by atoms with Gasteiger partial charge in [0, 0.05) is 25.7 Å². The molecule has 1 amide bonds. The number of aliphatic hydroxyl groups excluding tert-OH is 3. The number of amides is 1. The predicted octanol–water partition coefficient (Wildman–Crippen LogP) is 26.1. The second-order valence-electron chi connectivity index (χ2n) is 29.7. The van der Waals surface area contributed by atoms with Gasteiger partial charge in [-0.15, -0.1) is 0 Å². The van der Waals surface area contributed by atoms with Crippen molar-refractivity contribution in [1.29, 1.82) is 0 Å². The Morgan fingerprint density at radius 2 is 0.589 bits per heavy atom. The minimum Gasteiger partial charge on any atom is -0.466 e. The monoisotopic (exact) mass is 1340 g/mol. The quantitative estimate of drug-likeness (QED) is 0.0268. The van der Waals surface area contributed by atoms with Gasteiger partial charge in [-0.1, -0.05) is 405 Å². The van der Waals surface area contributed by atoms with Crippen LogP contribution in [-0.4, -0.2) is 70.7 Å². The van der Waals surface area contributed by atoms with Crippen molar-refractivity contribution in [1.82, 2.24) is 5.32 Å². The molecular formula is C86H165NO8. The van der Waals surface area contributed by atoms with Crippen LogP contribution in [0.1, 0.15) is 470 Å². The highest BCUT2D eigenvalue weighted by molar-refractivity contribution is 5.76. The lowest BCUT2D eigenvalue weighted by atomic mass is 9.97. The number of esters is 2. The summed E-state index contributed by atoms with van der Waals surface area (Å²) in [6.07, 6.45) is 89.7. The van der Waals surface area contributed by atoms with Gasteiger partial charge in [-0.05, 0) is 64.2 Å². The molecule has 0 rings (SSSR count). The van der Waals surface area contributed by atoms with Crippen LogP contribution in [0.2, 0.25) is 0 Å². The molecule has 9 heteroatoms. The van der Waals surface area contributed by atoms with Crippen molar-refractivity contribution < 1.29 is 39.2 Å². The molecule has 0 fully saturated rings. The van der Waals surface area contributed by atoms with Gasteiger partial charge in [0.15, 0.2) is 0 Å². The molecule has 0 aromatic heterocycles. The van der Waals surface area contributed by atoms with Crippen molar-refractivity contribution in [3.8, 4) is 0 Å². The van der Waals surface area contributed by atoms with E-state index in [1.807, 2.05) is 0 Å². The predicted molar refractivity (Wildman–Crippen MR) is 410 cm³/mol. The second-order valence-corrected chi connectivity index (χ2v) is 29.7. The van der Waals surface area contributed by atoms with E-state index in [4.69, 9.17) is 9.47 Å². The van der Waals surface area contributed by atoms with Crippen LogP contribution < -0.4 is 5.32 Å². The maximum Gasteiger partial charge on any atom is 0.305 e. The summed E-state index contributed by atoms with van der Waals surface area (Å²) < 4.78 is 11.1. The first-order valence-corrected chi connectivity index (χ1v) is 42.7. The number of carbonyl (C=O) groups is 3. The summed E-state index contributed by atoms with van der Waals surface area (Å²) in [6, 6.07) is -0.934. The van der Waals surface area contributed by atoms with Gasteiger partial charge in [-0.3, -0.25) is 14.4 Å². The zero-order valence-corrected chi connectivity index (χ0v) is 63.9. The first-order chi connectivity index (χ1) is 46.7. The molecule has 562 valence electrons. The van der Waals surface area contributed by atoms with Crippen LogP contribution in [0.25, 0.3) is 0 Å². The Morgan fingerprint density at radius 1 is 0.316 bits per heavy atom. The molecule has 95 heavy (non-hydrogen) atoms. The van der Waals surface area contributed by atoms with E-state index >= 15 is 0 Å². The number of unbranched alkanes of at least 4 members (excludes halogenated alkanes) is 59. The number of rotatable bonds is 80. The Bertz CT molecular complexity index is 1600. The lowest BCUT2D eigenvalue weighted by Crippen LogP contribution is -2.52. The largest absolute Gasteiger partial charge is 0.466 e. The van der Waals surface area contributed by atoms with Crippen molar-refractivity contribution in [2.24, 2.45) is 0 Å². The van der Waals surface area contributed by atoms with E-state index in [1.54, 1.807) is 0 Å². The summed E-state index contributed by atoms with van der Waals surface area (Å²) in [6.45, 7) is 7.19. The van der Waals surface area contributed by atoms with Crippen LogP contribution in [0.4, 0.5) is 0 Å². The average molecular weight is 1340 g/mol. The number of nitrogens with one attached hydrogen (secondary N) is 1. The number of carbonyl (C=O) groups excluding carboxylic acids is 3. The molecule has 0 saturated carbocycles. The van der Waals surface area contributed by atoms with Gasteiger partial charge < -0.3 is 30.1 Å². The van der Waals surface area contributed by atoms with Crippen molar-refractivity contribution in [3.63, 3.8) is 0 Å². The molecule has 0 radical (unpaired) electrons. The third kappa shape index (κ3) is 74.3. The summed E-state index contributed by atoms with van der Waals surface area (Å²) >= 11 is 0. The van der Waals surface area contributed by atoms with E-state index in [9.17, 15) is 29.7 Å². The van der Waals surface area contributed by atoms with Crippen LogP contribution >= 0.6 is 0 Å². The Balaban J connectivity index is 3.95. The van der Waals surface area contributed by atoms with Gasteiger partial charge >= 0.3 is 11.9 Å². The Hall–Kier alpha value is -2.23. The third-order valence-electron chi connectivity index (χ3n) is 20.1. The fraction of sp³-hybridized carbons (Fsp3) is 0.919. The van der Waals surface area contributed by atoms with E-state index in [-0.39, 0.29) is 30.9 Å². The van der Waals surface area contributed by atoms with Gasteiger partial charge in [0.05, 0.1) is 24.9 Å². The highest BCUT2D eigenvalue weighted by Gasteiger charge is 2.30. The van der Waals surface area contributed by atoms with Crippen LogP contribution in [0, 0.1) is 0 Å². The zero-order chi connectivity index (χ0) is 68.9. The van der Waals surface area contributed by atoms with Gasteiger partial charge in [-0.2, -0.15) is 0 Å². The van der Waals surface area contributed by atoms with Gasteiger partial charge in [0.25, 0.3) is 0 Å². The lowest BCUT2D eigenvalue weighted by molar-refractivity contribution is -0.147. The number of hydrogen-bond acceptors (Lipinski definition) is 8.